The lowest BCUT2D eigenvalue weighted by Gasteiger charge is -2.06. The number of furan rings is 1. The second-order valence-electron chi connectivity index (χ2n) is 6.77. The fourth-order valence-corrected chi connectivity index (χ4v) is 3.60. The number of hydrogen-bond acceptors (Lipinski definition) is 5. The summed E-state index contributed by atoms with van der Waals surface area (Å²) in [5.74, 6) is -0.611. The van der Waals surface area contributed by atoms with Gasteiger partial charge in [0.05, 0.1) is 12.0 Å². The first-order valence-electron chi connectivity index (χ1n) is 9.67. The summed E-state index contributed by atoms with van der Waals surface area (Å²) in [5, 5.41) is 9.38. The molecular weight excluding hydrogens is 429 g/mol. The molecule has 0 saturated heterocycles. The summed E-state index contributed by atoms with van der Waals surface area (Å²) >= 11 is 1.24. The van der Waals surface area contributed by atoms with Gasteiger partial charge in [-0.05, 0) is 53.2 Å². The van der Waals surface area contributed by atoms with Crippen molar-refractivity contribution < 1.29 is 18.4 Å². The van der Waals surface area contributed by atoms with E-state index in [1.807, 2.05) is 42.5 Å². The van der Waals surface area contributed by atoms with E-state index in [1.54, 1.807) is 12.1 Å². The fraction of sp³-hybridized carbons (Fsp3) is 0.0417. The van der Waals surface area contributed by atoms with Crippen molar-refractivity contribution in [1.29, 1.82) is 0 Å². The summed E-state index contributed by atoms with van der Waals surface area (Å²) in [5.41, 5.74) is 3.20. The Kier molecular flexibility index (Phi) is 6.62. The Morgan fingerprint density at radius 3 is 2.66 bits per heavy atom. The number of thioether (sulfide) groups is 1. The Labute approximate surface area is 187 Å². The lowest BCUT2D eigenvalue weighted by Crippen LogP contribution is -2.17. The zero-order valence-corrected chi connectivity index (χ0v) is 17.6. The molecule has 0 spiro atoms. The molecule has 3 aromatic carbocycles. The number of amides is 2. The number of carbonyl (C=O) groups excluding carboxylic acids is 2. The second kappa shape index (κ2) is 9.93. The van der Waals surface area contributed by atoms with E-state index in [9.17, 15) is 14.0 Å². The molecule has 4 aromatic rings. The normalized spacial score (nSPS) is 11.0. The quantitative estimate of drug-likeness (QED) is 0.235. The highest BCUT2D eigenvalue weighted by Gasteiger charge is 2.08. The van der Waals surface area contributed by atoms with E-state index in [0.29, 0.717) is 10.9 Å². The van der Waals surface area contributed by atoms with E-state index < -0.39 is 11.7 Å². The Morgan fingerprint density at radius 2 is 1.81 bits per heavy atom. The van der Waals surface area contributed by atoms with Gasteiger partial charge < -0.3 is 9.73 Å². The van der Waals surface area contributed by atoms with Crippen molar-refractivity contribution in [3.8, 4) is 0 Å². The summed E-state index contributed by atoms with van der Waals surface area (Å²) in [6.45, 7) is 0. The molecule has 32 heavy (non-hydrogen) atoms. The molecule has 0 aliphatic heterocycles. The van der Waals surface area contributed by atoms with E-state index in [0.717, 1.165) is 22.5 Å². The van der Waals surface area contributed by atoms with Crippen LogP contribution in [0.2, 0.25) is 0 Å². The monoisotopic (exact) mass is 447 g/mol. The van der Waals surface area contributed by atoms with Crippen LogP contribution >= 0.6 is 11.8 Å². The maximum atomic E-state index is 13.2. The van der Waals surface area contributed by atoms with E-state index in [1.165, 1.54) is 36.2 Å². The van der Waals surface area contributed by atoms with Crippen molar-refractivity contribution in [3.63, 3.8) is 0 Å². The van der Waals surface area contributed by atoms with Gasteiger partial charge in [0.25, 0.3) is 5.91 Å². The number of nitrogens with zero attached hydrogens (tertiary/aromatic N) is 1. The van der Waals surface area contributed by atoms with Crippen molar-refractivity contribution in [2.45, 2.75) is 5.09 Å². The first-order valence-corrected chi connectivity index (χ1v) is 10.7. The average molecular weight is 447 g/mol. The van der Waals surface area contributed by atoms with Gasteiger partial charge in [0.1, 0.15) is 11.6 Å². The zero-order valence-electron chi connectivity index (χ0n) is 16.7. The van der Waals surface area contributed by atoms with Gasteiger partial charge in [0.15, 0.2) is 5.09 Å². The first-order chi connectivity index (χ1) is 15.6. The predicted octanol–water partition coefficient (Wildman–Crippen LogP) is 5.07. The van der Waals surface area contributed by atoms with E-state index in [-0.39, 0.29) is 17.2 Å². The zero-order chi connectivity index (χ0) is 22.3. The summed E-state index contributed by atoms with van der Waals surface area (Å²) < 4.78 is 18.7. The fourth-order valence-electron chi connectivity index (χ4n) is 2.93. The second-order valence-corrected chi connectivity index (χ2v) is 7.74. The third kappa shape index (κ3) is 5.61. The third-order valence-electron chi connectivity index (χ3n) is 4.43. The standard InChI is InChI=1S/C24H18FN3O3S/c25-19-7-3-6-18(12-19)24(30)28-26-14-21-10-11-23(31-21)32-15-22(29)27-20-9-8-16-4-1-2-5-17(16)13-20/h1-14H,15H2,(H,27,29)(H,28,30). The van der Waals surface area contributed by atoms with E-state index >= 15 is 0 Å². The molecule has 1 heterocycles. The van der Waals surface area contributed by atoms with Gasteiger partial charge in [-0.2, -0.15) is 5.10 Å². The number of halogens is 1. The molecule has 0 bridgehead atoms. The smallest absolute Gasteiger partial charge is 0.271 e. The van der Waals surface area contributed by atoms with Crippen LogP contribution in [0.1, 0.15) is 16.1 Å². The topological polar surface area (TPSA) is 83.7 Å². The maximum absolute atomic E-state index is 13.2. The van der Waals surface area contributed by atoms with Gasteiger partial charge >= 0.3 is 0 Å². The van der Waals surface area contributed by atoms with Crippen LogP contribution < -0.4 is 10.7 Å². The molecule has 0 unspecified atom stereocenters. The molecule has 160 valence electrons. The van der Waals surface area contributed by atoms with Gasteiger partial charge in [-0.1, -0.05) is 48.2 Å². The molecule has 2 amide bonds. The summed E-state index contributed by atoms with van der Waals surface area (Å²) in [7, 11) is 0. The number of fused-ring (bicyclic) bond motifs is 1. The summed E-state index contributed by atoms with van der Waals surface area (Å²) in [6.07, 6.45) is 1.33. The van der Waals surface area contributed by atoms with E-state index in [2.05, 4.69) is 15.8 Å². The summed E-state index contributed by atoms with van der Waals surface area (Å²) in [4.78, 5) is 24.2. The van der Waals surface area contributed by atoms with Crippen LogP contribution in [0.25, 0.3) is 10.8 Å². The van der Waals surface area contributed by atoms with Crippen molar-refractivity contribution in [1.82, 2.24) is 5.43 Å². The minimum absolute atomic E-state index is 0.153. The van der Waals surface area contributed by atoms with Gasteiger partial charge in [-0.25, -0.2) is 9.82 Å². The van der Waals surface area contributed by atoms with Crippen molar-refractivity contribution in [3.05, 3.63) is 96.0 Å². The molecule has 6 nitrogen and oxygen atoms in total. The molecule has 4 rings (SSSR count). The molecule has 0 atom stereocenters. The van der Waals surface area contributed by atoms with Crippen LogP contribution in [-0.4, -0.2) is 23.8 Å². The molecule has 1 aromatic heterocycles. The highest BCUT2D eigenvalue weighted by molar-refractivity contribution is 7.99. The van der Waals surface area contributed by atoms with Crippen LogP contribution in [-0.2, 0) is 4.79 Å². The maximum Gasteiger partial charge on any atom is 0.271 e. The Balaban J connectivity index is 1.26. The van der Waals surface area contributed by atoms with Gasteiger partial charge in [-0.15, -0.1) is 0 Å². The van der Waals surface area contributed by atoms with Crippen molar-refractivity contribution >= 4 is 46.3 Å². The van der Waals surface area contributed by atoms with Gasteiger partial charge in [0.2, 0.25) is 5.91 Å². The number of nitrogens with one attached hydrogen (secondary N) is 2. The molecule has 0 radical (unpaired) electrons. The first kappa shape index (κ1) is 21.3. The van der Waals surface area contributed by atoms with Crippen LogP contribution in [0.15, 0.2) is 93.5 Å². The number of benzene rings is 3. The van der Waals surface area contributed by atoms with Gasteiger partial charge in [-0.3, -0.25) is 9.59 Å². The average Bonchev–Trinajstić information content (AvgIpc) is 3.25. The highest BCUT2D eigenvalue weighted by atomic mass is 32.2. The van der Waals surface area contributed by atoms with Gasteiger partial charge in [0, 0.05) is 11.3 Å². The Bertz CT molecular complexity index is 1300. The van der Waals surface area contributed by atoms with Crippen molar-refractivity contribution in [2.75, 3.05) is 11.1 Å². The molecule has 2 N–H and O–H groups in total. The molecule has 0 saturated carbocycles. The summed E-state index contributed by atoms with van der Waals surface area (Å²) in [6, 6.07) is 22.4. The molecule has 0 fully saturated rings. The Hall–Kier alpha value is -3.91. The molecule has 0 aliphatic carbocycles. The Morgan fingerprint density at radius 1 is 0.969 bits per heavy atom. The lowest BCUT2D eigenvalue weighted by atomic mass is 10.1. The third-order valence-corrected chi connectivity index (χ3v) is 5.34. The van der Waals surface area contributed by atoms with Crippen LogP contribution in [0, 0.1) is 5.82 Å². The lowest BCUT2D eigenvalue weighted by molar-refractivity contribution is -0.113. The van der Waals surface area contributed by atoms with E-state index in [4.69, 9.17) is 4.42 Å². The van der Waals surface area contributed by atoms with Crippen LogP contribution in [0.5, 0.6) is 0 Å². The molecular formula is C24H18FN3O3S. The number of hydrazone groups is 1. The molecule has 8 heteroatoms. The number of anilines is 1. The van der Waals surface area contributed by atoms with Crippen LogP contribution in [0.3, 0.4) is 0 Å². The van der Waals surface area contributed by atoms with Crippen molar-refractivity contribution in [2.24, 2.45) is 5.10 Å². The minimum Gasteiger partial charge on any atom is -0.449 e. The SMILES string of the molecule is O=C(CSc1ccc(C=NNC(=O)c2cccc(F)c2)o1)Nc1ccc2ccccc2c1. The number of carbonyl (C=O) groups is 2. The number of rotatable bonds is 7. The predicted molar refractivity (Wildman–Crippen MR) is 123 cm³/mol. The number of hydrogen-bond donors (Lipinski definition) is 2. The highest BCUT2D eigenvalue weighted by Crippen LogP contribution is 2.22. The minimum atomic E-state index is -0.535. The van der Waals surface area contributed by atoms with Crippen LogP contribution in [0.4, 0.5) is 10.1 Å². The molecule has 0 aliphatic rings. The largest absolute Gasteiger partial charge is 0.449 e.